The Kier molecular flexibility index (Phi) is 2.97. The van der Waals surface area contributed by atoms with Crippen molar-refractivity contribution in [3.05, 3.63) is 28.6 Å². The van der Waals surface area contributed by atoms with Gasteiger partial charge in [0.05, 0.1) is 17.6 Å². The third kappa shape index (κ3) is 2.21. The van der Waals surface area contributed by atoms with Crippen LogP contribution in [0.2, 0.25) is 0 Å². The van der Waals surface area contributed by atoms with E-state index in [9.17, 15) is 15.0 Å². The quantitative estimate of drug-likeness (QED) is 0.724. The Morgan fingerprint density at radius 2 is 2.12 bits per heavy atom. The summed E-state index contributed by atoms with van der Waals surface area (Å²) < 4.78 is 0. The molecule has 1 aromatic heterocycles. The Morgan fingerprint density at radius 1 is 1.35 bits per heavy atom. The Hall–Kier alpha value is -2.08. The maximum Gasteiger partial charge on any atom is 0.308 e. The molecule has 6 heteroatoms. The lowest BCUT2D eigenvalue weighted by Gasteiger charge is -2.05. The molecule has 2 rings (SSSR count). The van der Waals surface area contributed by atoms with E-state index in [1.165, 1.54) is 22.9 Å². The lowest BCUT2D eigenvalue weighted by atomic mass is 10.1. The molecule has 3 N–H and O–H groups in total. The van der Waals surface area contributed by atoms with Crippen LogP contribution in [0, 0.1) is 0 Å². The number of para-hydroxylation sites is 1. The zero-order valence-corrected chi connectivity index (χ0v) is 9.44. The number of carbonyl (C=O) groups is 1. The highest BCUT2D eigenvalue weighted by atomic mass is 32.1. The first-order valence-corrected chi connectivity index (χ1v) is 5.63. The van der Waals surface area contributed by atoms with Crippen molar-refractivity contribution in [1.29, 1.82) is 0 Å². The van der Waals surface area contributed by atoms with E-state index in [2.05, 4.69) is 4.98 Å². The molecule has 0 unspecified atom stereocenters. The number of benzene rings is 1. The van der Waals surface area contributed by atoms with Gasteiger partial charge in [0.15, 0.2) is 11.5 Å². The number of phenolic OH excluding ortho intramolecular Hbond substituents is 2. The van der Waals surface area contributed by atoms with E-state index >= 15 is 0 Å². The molecule has 0 saturated carbocycles. The second-order valence-corrected chi connectivity index (χ2v) is 4.31. The lowest BCUT2D eigenvalue weighted by Crippen LogP contribution is -1.99. The number of phenols is 2. The van der Waals surface area contributed by atoms with Crippen molar-refractivity contribution in [2.45, 2.75) is 6.42 Å². The van der Waals surface area contributed by atoms with Crippen molar-refractivity contribution < 1.29 is 20.1 Å². The van der Waals surface area contributed by atoms with E-state index in [4.69, 9.17) is 5.11 Å². The van der Waals surface area contributed by atoms with Gasteiger partial charge in [-0.3, -0.25) is 4.79 Å². The molecular weight excluding hydrogens is 242 g/mol. The van der Waals surface area contributed by atoms with Crippen LogP contribution in [0.25, 0.3) is 11.3 Å². The zero-order valence-electron chi connectivity index (χ0n) is 8.62. The van der Waals surface area contributed by atoms with E-state index in [0.717, 1.165) is 0 Å². The summed E-state index contributed by atoms with van der Waals surface area (Å²) in [6, 6.07) is 4.49. The van der Waals surface area contributed by atoms with Crippen LogP contribution >= 0.6 is 11.3 Å². The molecule has 2 aromatic rings. The second-order valence-electron chi connectivity index (χ2n) is 3.37. The van der Waals surface area contributed by atoms with Crippen molar-refractivity contribution in [3.8, 4) is 22.8 Å². The molecule has 0 aliphatic carbocycles. The lowest BCUT2D eigenvalue weighted by molar-refractivity contribution is -0.136. The number of aliphatic carboxylic acids is 1. The fourth-order valence-corrected chi connectivity index (χ4v) is 2.24. The highest BCUT2D eigenvalue weighted by molar-refractivity contribution is 7.10. The van der Waals surface area contributed by atoms with Gasteiger partial charge in [-0.2, -0.15) is 0 Å². The number of aromatic nitrogens is 1. The Bertz CT molecular complexity index is 564. The molecule has 0 aliphatic rings. The van der Waals surface area contributed by atoms with Crippen molar-refractivity contribution in [2.75, 3.05) is 0 Å². The van der Waals surface area contributed by atoms with Gasteiger partial charge in [0.2, 0.25) is 0 Å². The third-order valence-corrected chi connectivity index (χ3v) is 3.06. The van der Waals surface area contributed by atoms with Crippen LogP contribution in [0.5, 0.6) is 11.5 Å². The number of carboxylic acid groups (broad SMARTS) is 1. The highest BCUT2D eigenvalue weighted by Crippen LogP contribution is 2.37. The minimum absolute atomic E-state index is 0.158. The third-order valence-electron chi connectivity index (χ3n) is 2.22. The van der Waals surface area contributed by atoms with Gasteiger partial charge in [0, 0.05) is 10.4 Å². The summed E-state index contributed by atoms with van der Waals surface area (Å²) in [5.41, 5.74) is 2.24. The molecular formula is C11H9NO4S. The number of carboxylic acids is 1. The second kappa shape index (κ2) is 4.42. The van der Waals surface area contributed by atoms with Gasteiger partial charge in [-0.15, -0.1) is 11.3 Å². The van der Waals surface area contributed by atoms with Gasteiger partial charge in [0.1, 0.15) is 0 Å². The smallest absolute Gasteiger partial charge is 0.308 e. The summed E-state index contributed by atoms with van der Waals surface area (Å²) in [4.78, 5) is 15.2. The normalized spacial score (nSPS) is 10.4. The molecule has 0 fully saturated rings. The van der Waals surface area contributed by atoms with Gasteiger partial charge in [-0.25, -0.2) is 4.98 Å². The van der Waals surface area contributed by atoms with Crippen LogP contribution < -0.4 is 0 Å². The SMILES string of the molecule is O=C(O)Cc1scnc1-c1cccc(O)c1O. The predicted octanol–water partition coefficient (Wildman–Crippen LogP) is 1.85. The number of aromatic hydroxyl groups is 2. The van der Waals surface area contributed by atoms with Gasteiger partial charge in [0.25, 0.3) is 0 Å². The van der Waals surface area contributed by atoms with Gasteiger partial charge in [-0.1, -0.05) is 6.07 Å². The fraction of sp³-hybridized carbons (Fsp3) is 0.0909. The minimum atomic E-state index is -0.963. The first-order chi connectivity index (χ1) is 8.09. The average molecular weight is 251 g/mol. The number of hydrogen-bond acceptors (Lipinski definition) is 5. The van der Waals surface area contributed by atoms with E-state index < -0.39 is 5.97 Å². The standard InChI is InChI=1S/C11H9NO4S/c13-7-3-1-2-6(11(7)16)10-8(4-9(14)15)17-5-12-10/h1-3,5,13,16H,4H2,(H,14,15). The van der Waals surface area contributed by atoms with E-state index in [-0.39, 0.29) is 17.9 Å². The molecule has 88 valence electrons. The maximum absolute atomic E-state index is 10.7. The van der Waals surface area contributed by atoms with Crippen LogP contribution in [-0.2, 0) is 11.2 Å². The van der Waals surface area contributed by atoms with Crippen molar-refractivity contribution in [1.82, 2.24) is 4.98 Å². The Labute approximate surface area is 101 Å². The predicted molar refractivity (Wildman–Crippen MR) is 62.2 cm³/mol. The molecule has 0 aliphatic heterocycles. The molecule has 1 heterocycles. The van der Waals surface area contributed by atoms with Crippen molar-refractivity contribution in [3.63, 3.8) is 0 Å². The van der Waals surface area contributed by atoms with E-state index in [0.29, 0.717) is 16.1 Å². The van der Waals surface area contributed by atoms with E-state index in [1.807, 2.05) is 0 Å². The van der Waals surface area contributed by atoms with Gasteiger partial charge in [-0.05, 0) is 12.1 Å². The summed E-state index contributed by atoms with van der Waals surface area (Å²) >= 11 is 1.20. The molecule has 0 radical (unpaired) electrons. The van der Waals surface area contributed by atoms with Crippen LogP contribution in [0.15, 0.2) is 23.7 Å². The molecule has 5 nitrogen and oxygen atoms in total. The summed E-state index contributed by atoms with van der Waals surface area (Å²) in [5.74, 6) is -1.50. The summed E-state index contributed by atoms with van der Waals surface area (Å²) in [6.07, 6.45) is -0.158. The van der Waals surface area contributed by atoms with E-state index in [1.54, 1.807) is 12.1 Å². The maximum atomic E-state index is 10.7. The first-order valence-electron chi connectivity index (χ1n) is 4.75. The fourth-order valence-electron chi connectivity index (χ4n) is 1.48. The molecule has 0 saturated heterocycles. The van der Waals surface area contributed by atoms with Crippen molar-refractivity contribution >= 4 is 17.3 Å². The van der Waals surface area contributed by atoms with Gasteiger partial charge < -0.3 is 15.3 Å². The molecule has 0 atom stereocenters. The minimum Gasteiger partial charge on any atom is -0.504 e. The first kappa shape index (κ1) is 11.4. The largest absolute Gasteiger partial charge is 0.504 e. The number of nitrogens with zero attached hydrogens (tertiary/aromatic N) is 1. The molecule has 0 amide bonds. The van der Waals surface area contributed by atoms with Gasteiger partial charge >= 0.3 is 5.97 Å². The average Bonchev–Trinajstić information content (AvgIpc) is 2.69. The Morgan fingerprint density at radius 3 is 2.82 bits per heavy atom. The monoisotopic (exact) mass is 251 g/mol. The summed E-state index contributed by atoms with van der Waals surface area (Å²) in [7, 11) is 0. The van der Waals surface area contributed by atoms with Crippen LogP contribution in [-0.4, -0.2) is 26.3 Å². The number of rotatable bonds is 3. The molecule has 17 heavy (non-hydrogen) atoms. The topological polar surface area (TPSA) is 90.7 Å². The Balaban J connectivity index is 2.50. The molecule has 0 spiro atoms. The highest BCUT2D eigenvalue weighted by Gasteiger charge is 2.16. The zero-order chi connectivity index (χ0) is 12.4. The summed E-state index contributed by atoms with van der Waals surface area (Å²) in [6.45, 7) is 0. The van der Waals surface area contributed by atoms with Crippen LogP contribution in [0.1, 0.15) is 4.88 Å². The molecule has 0 bridgehead atoms. The molecule has 1 aromatic carbocycles. The number of thiazole rings is 1. The van der Waals surface area contributed by atoms with Crippen LogP contribution in [0.4, 0.5) is 0 Å². The summed E-state index contributed by atoms with van der Waals surface area (Å²) in [5, 5.41) is 27.8. The van der Waals surface area contributed by atoms with Crippen molar-refractivity contribution in [2.24, 2.45) is 0 Å². The number of hydrogen-bond donors (Lipinski definition) is 3. The van der Waals surface area contributed by atoms with Crippen LogP contribution in [0.3, 0.4) is 0 Å².